The number of nitrogens with zero attached hydrogens (tertiary/aromatic N) is 3. The fourth-order valence-electron chi connectivity index (χ4n) is 2.72. The zero-order chi connectivity index (χ0) is 12.5. The topological polar surface area (TPSA) is 40.8 Å². The lowest BCUT2D eigenvalue weighted by Gasteiger charge is -2.29. The van der Waals surface area contributed by atoms with Crippen LogP contribution in [-0.4, -0.2) is 38.6 Å². The quantitative estimate of drug-likeness (QED) is 0.873. The molecule has 1 unspecified atom stereocenters. The monoisotopic (exact) mass is 245 g/mol. The van der Waals surface area contributed by atoms with E-state index in [0.29, 0.717) is 0 Å². The van der Waals surface area contributed by atoms with E-state index in [2.05, 4.69) is 39.5 Å². The van der Waals surface area contributed by atoms with E-state index in [9.17, 15) is 5.11 Å². The van der Waals surface area contributed by atoms with E-state index < -0.39 is 0 Å². The van der Waals surface area contributed by atoms with Crippen LogP contribution in [0.25, 0.3) is 5.65 Å². The molecule has 1 N–H and O–H groups in total. The molecule has 3 heterocycles. The van der Waals surface area contributed by atoms with Crippen molar-refractivity contribution in [1.82, 2.24) is 14.3 Å². The number of hydrogen-bond donors (Lipinski definition) is 1. The lowest BCUT2D eigenvalue weighted by molar-refractivity contribution is 0.0661. The lowest BCUT2D eigenvalue weighted by Crippen LogP contribution is -2.37. The molecule has 18 heavy (non-hydrogen) atoms. The van der Waals surface area contributed by atoms with Crippen LogP contribution in [0.5, 0.6) is 0 Å². The molecular weight excluding hydrogens is 226 g/mol. The molecule has 1 saturated heterocycles. The van der Waals surface area contributed by atoms with E-state index in [1.165, 1.54) is 11.3 Å². The van der Waals surface area contributed by atoms with E-state index in [1.54, 1.807) is 0 Å². The standard InChI is InChI=1S/C14H19N3O/c1-11-4-2-7-17-12(8-15-14(11)17)9-16-6-3-5-13(18)10-16/h2,4,7-8,13,18H,3,5-6,9-10H2,1H3. The zero-order valence-electron chi connectivity index (χ0n) is 10.7. The van der Waals surface area contributed by atoms with Gasteiger partial charge in [0.15, 0.2) is 0 Å². The number of β-amino-alcohol motifs (C(OH)–C–C–N with tert-alkyl or cyclic N) is 1. The van der Waals surface area contributed by atoms with Gasteiger partial charge in [0.1, 0.15) is 5.65 Å². The number of piperidine rings is 1. The lowest BCUT2D eigenvalue weighted by atomic mass is 10.1. The number of fused-ring (bicyclic) bond motifs is 1. The summed E-state index contributed by atoms with van der Waals surface area (Å²) in [6, 6.07) is 4.13. The Morgan fingerprint density at radius 1 is 1.50 bits per heavy atom. The van der Waals surface area contributed by atoms with Crippen molar-refractivity contribution in [2.75, 3.05) is 13.1 Å². The number of aliphatic hydroxyl groups excluding tert-OH is 1. The first-order valence-electron chi connectivity index (χ1n) is 6.56. The molecule has 2 aromatic heterocycles. The largest absolute Gasteiger partial charge is 0.392 e. The molecule has 0 bridgehead atoms. The first-order chi connectivity index (χ1) is 8.74. The summed E-state index contributed by atoms with van der Waals surface area (Å²) in [5.41, 5.74) is 3.43. The highest BCUT2D eigenvalue weighted by molar-refractivity contribution is 5.48. The van der Waals surface area contributed by atoms with Crippen LogP contribution in [0.15, 0.2) is 24.5 Å². The molecule has 0 saturated carbocycles. The Balaban J connectivity index is 1.84. The van der Waals surface area contributed by atoms with Crippen molar-refractivity contribution in [3.8, 4) is 0 Å². The highest BCUT2D eigenvalue weighted by Crippen LogP contribution is 2.16. The van der Waals surface area contributed by atoms with E-state index in [1.807, 2.05) is 6.20 Å². The van der Waals surface area contributed by atoms with Crippen LogP contribution in [0.3, 0.4) is 0 Å². The Kier molecular flexibility index (Phi) is 3.06. The van der Waals surface area contributed by atoms with Crippen molar-refractivity contribution < 1.29 is 5.11 Å². The Morgan fingerprint density at radius 3 is 3.22 bits per heavy atom. The van der Waals surface area contributed by atoms with Crippen LogP contribution < -0.4 is 0 Å². The molecule has 2 aromatic rings. The number of imidazole rings is 1. The van der Waals surface area contributed by atoms with Crippen molar-refractivity contribution in [3.05, 3.63) is 35.8 Å². The average Bonchev–Trinajstić information content (AvgIpc) is 2.74. The van der Waals surface area contributed by atoms with Gasteiger partial charge in [-0.2, -0.15) is 0 Å². The number of rotatable bonds is 2. The van der Waals surface area contributed by atoms with Crippen molar-refractivity contribution in [2.24, 2.45) is 0 Å². The Labute approximate surface area is 107 Å². The SMILES string of the molecule is Cc1cccn2c(CN3CCCC(O)C3)cnc12. The molecule has 96 valence electrons. The van der Waals surface area contributed by atoms with Crippen LogP contribution in [-0.2, 0) is 6.54 Å². The normalized spacial score (nSPS) is 21.6. The molecule has 4 nitrogen and oxygen atoms in total. The van der Waals surface area contributed by atoms with Gasteiger partial charge in [0.05, 0.1) is 18.0 Å². The smallest absolute Gasteiger partial charge is 0.139 e. The summed E-state index contributed by atoms with van der Waals surface area (Å²) in [4.78, 5) is 6.78. The third kappa shape index (κ3) is 2.13. The van der Waals surface area contributed by atoms with Crippen molar-refractivity contribution in [1.29, 1.82) is 0 Å². The predicted octanol–water partition coefficient (Wildman–Crippen LogP) is 1.60. The summed E-state index contributed by atoms with van der Waals surface area (Å²) in [5.74, 6) is 0. The van der Waals surface area contributed by atoms with Gasteiger partial charge in [-0.1, -0.05) is 6.07 Å². The number of aryl methyl sites for hydroxylation is 1. The molecule has 3 rings (SSSR count). The molecule has 4 heteroatoms. The van der Waals surface area contributed by atoms with Gasteiger partial charge in [0.25, 0.3) is 0 Å². The average molecular weight is 245 g/mol. The molecule has 0 radical (unpaired) electrons. The van der Waals surface area contributed by atoms with E-state index in [-0.39, 0.29) is 6.10 Å². The van der Waals surface area contributed by atoms with Gasteiger partial charge >= 0.3 is 0 Å². The second kappa shape index (κ2) is 4.71. The zero-order valence-corrected chi connectivity index (χ0v) is 10.7. The first-order valence-corrected chi connectivity index (χ1v) is 6.56. The minimum atomic E-state index is -0.167. The molecule has 0 spiro atoms. The maximum Gasteiger partial charge on any atom is 0.139 e. The molecule has 0 aliphatic carbocycles. The fourth-order valence-corrected chi connectivity index (χ4v) is 2.72. The van der Waals surface area contributed by atoms with Gasteiger partial charge in [0, 0.05) is 19.3 Å². The van der Waals surface area contributed by atoms with Crippen LogP contribution in [0.1, 0.15) is 24.1 Å². The van der Waals surface area contributed by atoms with Crippen LogP contribution in [0, 0.1) is 6.92 Å². The van der Waals surface area contributed by atoms with E-state index in [4.69, 9.17) is 0 Å². The molecule has 1 aliphatic rings. The van der Waals surface area contributed by atoms with Gasteiger partial charge < -0.3 is 9.51 Å². The highest BCUT2D eigenvalue weighted by Gasteiger charge is 2.18. The molecular formula is C14H19N3O. The molecule has 1 fully saturated rings. The summed E-state index contributed by atoms with van der Waals surface area (Å²) in [6.07, 6.45) is 5.85. The van der Waals surface area contributed by atoms with Gasteiger partial charge in [0.2, 0.25) is 0 Å². The summed E-state index contributed by atoms with van der Waals surface area (Å²) in [6.45, 7) is 4.79. The summed E-state index contributed by atoms with van der Waals surface area (Å²) in [7, 11) is 0. The summed E-state index contributed by atoms with van der Waals surface area (Å²) < 4.78 is 2.15. The summed E-state index contributed by atoms with van der Waals surface area (Å²) >= 11 is 0. The van der Waals surface area contributed by atoms with Crippen molar-refractivity contribution in [2.45, 2.75) is 32.4 Å². The molecule has 1 aliphatic heterocycles. The second-order valence-corrected chi connectivity index (χ2v) is 5.17. The van der Waals surface area contributed by atoms with E-state index >= 15 is 0 Å². The highest BCUT2D eigenvalue weighted by atomic mass is 16.3. The van der Waals surface area contributed by atoms with Crippen LogP contribution >= 0.6 is 0 Å². The second-order valence-electron chi connectivity index (χ2n) is 5.17. The number of hydrogen-bond acceptors (Lipinski definition) is 3. The predicted molar refractivity (Wildman–Crippen MR) is 70.4 cm³/mol. The minimum absolute atomic E-state index is 0.167. The number of aliphatic hydroxyl groups is 1. The van der Waals surface area contributed by atoms with Crippen LogP contribution in [0.2, 0.25) is 0 Å². The van der Waals surface area contributed by atoms with Gasteiger partial charge in [-0.3, -0.25) is 4.90 Å². The van der Waals surface area contributed by atoms with Gasteiger partial charge in [-0.25, -0.2) is 4.98 Å². The van der Waals surface area contributed by atoms with Crippen molar-refractivity contribution in [3.63, 3.8) is 0 Å². The van der Waals surface area contributed by atoms with Gasteiger partial charge in [-0.15, -0.1) is 0 Å². The molecule has 0 amide bonds. The Bertz CT molecular complexity index is 549. The Hall–Kier alpha value is -1.39. The van der Waals surface area contributed by atoms with E-state index in [0.717, 1.165) is 38.1 Å². The van der Waals surface area contributed by atoms with Crippen molar-refractivity contribution >= 4 is 5.65 Å². The number of likely N-dealkylation sites (tertiary alicyclic amines) is 1. The number of aromatic nitrogens is 2. The Morgan fingerprint density at radius 2 is 2.39 bits per heavy atom. The first kappa shape index (κ1) is 11.7. The maximum absolute atomic E-state index is 9.70. The third-order valence-corrected chi connectivity index (χ3v) is 3.67. The molecule has 1 atom stereocenters. The number of pyridine rings is 1. The van der Waals surface area contributed by atoms with Gasteiger partial charge in [-0.05, 0) is 37.9 Å². The fraction of sp³-hybridized carbons (Fsp3) is 0.500. The minimum Gasteiger partial charge on any atom is -0.392 e. The maximum atomic E-state index is 9.70. The molecule has 0 aromatic carbocycles. The summed E-state index contributed by atoms with van der Waals surface area (Å²) in [5, 5.41) is 9.70. The van der Waals surface area contributed by atoms with Crippen LogP contribution in [0.4, 0.5) is 0 Å². The third-order valence-electron chi connectivity index (χ3n) is 3.67.